The van der Waals surface area contributed by atoms with Crippen LogP contribution in [0.3, 0.4) is 0 Å². The van der Waals surface area contributed by atoms with Crippen LogP contribution in [0.1, 0.15) is 43.1 Å². The van der Waals surface area contributed by atoms with Gasteiger partial charge < -0.3 is 4.90 Å². The molecule has 0 bridgehead atoms. The van der Waals surface area contributed by atoms with E-state index in [9.17, 15) is 14.0 Å². The number of fused-ring (bicyclic) bond motifs is 2. The van der Waals surface area contributed by atoms with Crippen molar-refractivity contribution in [3.05, 3.63) is 50.9 Å². The summed E-state index contributed by atoms with van der Waals surface area (Å²) in [4.78, 5) is 28.0. The Kier molecular flexibility index (Phi) is 3.89. The molecule has 5 rings (SSSR count). The van der Waals surface area contributed by atoms with E-state index >= 15 is 0 Å². The highest BCUT2D eigenvalue weighted by Crippen LogP contribution is 2.45. The molecule has 0 radical (unpaired) electrons. The van der Waals surface area contributed by atoms with E-state index in [1.165, 1.54) is 16.8 Å². The fourth-order valence-electron chi connectivity index (χ4n) is 4.54. The monoisotopic (exact) mass is 390 g/mol. The second kappa shape index (κ2) is 6.19. The molecule has 142 valence electrons. The molecule has 2 aliphatic heterocycles. The fraction of sp³-hybridized carbons (Fsp3) is 0.526. The molecule has 3 atom stereocenters. The zero-order valence-corrected chi connectivity index (χ0v) is 15.5. The van der Waals surface area contributed by atoms with Crippen molar-refractivity contribution in [2.75, 3.05) is 6.54 Å². The van der Waals surface area contributed by atoms with Gasteiger partial charge in [-0.3, -0.25) is 9.36 Å². The topological polar surface area (TPSA) is 60.1 Å². The number of carbonyl (C=O) groups is 1. The molecule has 0 unspecified atom stereocenters. The maximum atomic E-state index is 13.4. The van der Waals surface area contributed by atoms with E-state index < -0.39 is 11.9 Å². The van der Waals surface area contributed by atoms with Gasteiger partial charge in [0.15, 0.2) is 0 Å². The number of likely N-dealkylation sites (tertiary alicyclic amines) is 1. The number of hydrogen-bond donors (Lipinski definition) is 0. The number of amides is 1. The molecule has 0 spiro atoms. The molecular weight excluding hydrogens is 371 g/mol. The van der Waals surface area contributed by atoms with E-state index in [0.717, 1.165) is 25.8 Å². The predicted octanol–water partition coefficient (Wildman–Crippen LogP) is 2.38. The number of carbonyl (C=O) groups excluding carboxylic acids is 1. The van der Waals surface area contributed by atoms with Crippen molar-refractivity contribution in [2.45, 2.75) is 50.7 Å². The summed E-state index contributed by atoms with van der Waals surface area (Å²) >= 11 is 5.84. The van der Waals surface area contributed by atoms with Crippen molar-refractivity contribution in [2.24, 2.45) is 5.92 Å². The second-order valence-corrected chi connectivity index (χ2v) is 8.17. The maximum Gasteiger partial charge on any atom is 0.346 e. The van der Waals surface area contributed by atoms with Gasteiger partial charge in [0.25, 0.3) is 0 Å². The number of nitrogens with zero attached hydrogens (tertiary/aromatic N) is 4. The summed E-state index contributed by atoms with van der Waals surface area (Å²) in [6.45, 7) is 1.01. The lowest BCUT2D eigenvalue weighted by molar-refractivity contribution is -0.135. The van der Waals surface area contributed by atoms with Gasteiger partial charge in [-0.1, -0.05) is 17.7 Å². The summed E-state index contributed by atoms with van der Waals surface area (Å²) in [7, 11) is 0. The first-order valence-electron chi connectivity index (χ1n) is 9.45. The minimum absolute atomic E-state index is 0.0191. The summed E-state index contributed by atoms with van der Waals surface area (Å²) in [6.07, 6.45) is 4.38. The Bertz CT molecular complexity index is 985. The summed E-state index contributed by atoms with van der Waals surface area (Å²) in [5.41, 5.74) is 0.414. The average Bonchev–Trinajstić information content (AvgIpc) is 3.20. The molecule has 1 aromatic heterocycles. The number of halogens is 2. The fourth-order valence-corrected chi connectivity index (χ4v) is 4.74. The Balaban J connectivity index is 1.45. The second-order valence-electron chi connectivity index (χ2n) is 7.77. The third-order valence-corrected chi connectivity index (χ3v) is 6.33. The van der Waals surface area contributed by atoms with Gasteiger partial charge in [-0.15, -0.1) is 0 Å². The van der Waals surface area contributed by atoms with E-state index in [-0.39, 0.29) is 23.2 Å². The molecule has 3 aliphatic rings. The number of benzene rings is 1. The smallest absolute Gasteiger partial charge is 0.338 e. The van der Waals surface area contributed by atoms with Crippen LogP contribution in [0.15, 0.2) is 23.0 Å². The van der Waals surface area contributed by atoms with Gasteiger partial charge >= 0.3 is 5.69 Å². The first-order valence-corrected chi connectivity index (χ1v) is 9.83. The van der Waals surface area contributed by atoms with Gasteiger partial charge in [0.2, 0.25) is 5.91 Å². The number of piperidine rings is 1. The minimum Gasteiger partial charge on any atom is -0.338 e. The summed E-state index contributed by atoms with van der Waals surface area (Å²) in [5, 5.41) is 4.47. The Morgan fingerprint density at radius 1 is 1.33 bits per heavy atom. The molecule has 8 heteroatoms. The highest BCUT2D eigenvalue weighted by Gasteiger charge is 2.50. The average molecular weight is 391 g/mol. The Morgan fingerprint density at radius 3 is 2.89 bits per heavy atom. The number of hydrogen-bond acceptors (Lipinski definition) is 3. The third-order valence-electron chi connectivity index (χ3n) is 6.04. The Morgan fingerprint density at radius 2 is 2.19 bits per heavy atom. The molecular formula is C19H20ClFN4O2. The largest absolute Gasteiger partial charge is 0.346 e. The zero-order valence-electron chi connectivity index (χ0n) is 14.8. The van der Waals surface area contributed by atoms with Gasteiger partial charge in [0, 0.05) is 19.0 Å². The van der Waals surface area contributed by atoms with E-state index in [2.05, 4.69) is 5.10 Å². The van der Waals surface area contributed by atoms with Crippen LogP contribution in [0, 0.1) is 11.7 Å². The van der Waals surface area contributed by atoms with Gasteiger partial charge in [-0.2, -0.15) is 5.10 Å². The van der Waals surface area contributed by atoms with Crippen LogP contribution in [-0.4, -0.2) is 37.7 Å². The van der Waals surface area contributed by atoms with Gasteiger partial charge in [-0.25, -0.2) is 13.9 Å². The van der Waals surface area contributed by atoms with E-state index in [0.29, 0.717) is 36.2 Å². The Labute approximate surface area is 160 Å². The van der Waals surface area contributed by atoms with Crippen molar-refractivity contribution in [1.29, 1.82) is 0 Å². The molecule has 2 aromatic rings. The minimum atomic E-state index is -0.494. The molecule has 1 saturated carbocycles. The predicted molar refractivity (Wildman–Crippen MR) is 97.2 cm³/mol. The van der Waals surface area contributed by atoms with Crippen LogP contribution >= 0.6 is 11.6 Å². The van der Waals surface area contributed by atoms with Crippen molar-refractivity contribution in [3.8, 4) is 0 Å². The maximum absolute atomic E-state index is 13.4. The van der Waals surface area contributed by atoms with Crippen LogP contribution in [0.2, 0.25) is 5.02 Å². The van der Waals surface area contributed by atoms with Crippen LogP contribution < -0.4 is 5.69 Å². The Hall–Kier alpha value is -2.15. The van der Waals surface area contributed by atoms with Gasteiger partial charge in [-0.05, 0) is 49.3 Å². The van der Waals surface area contributed by atoms with Gasteiger partial charge in [0.05, 0.1) is 11.6 Å². The van der Waals surface area contributed by atoms with Crippen LogP contribution in [-0.2, 0) is 17.8 Å². The molecule has 1 amide bonds. The molecule has 3 heterocycles. The molecule has 6 nitrogen and oxygen atoms in total. The lowest BCUT2D eigenvalue weighted by Crippen LogP contribution is -2.42. The van der Waals surface area contributed by atoms with E-state index in [4.69, 9.17) is 11.6 Å². The third kappa shape index (κ3) is 2.79. The summed E-state index contributed by atoms with van der Waals surface area (Å²) < 4.78 is 16.3. The van der Waals surface area contributed by atoms with Crippen molar-refractivity contribution < 1.29 is 9.18 Å². The SMILES string of the molecule is O=C([C@@H]1CCCc2nn(Cc3ccc(F)c(Cl)c3)c(=O)n21)N1CC[C@H]2C[C@@H]21. The molecule has 1 saturated heterocycles. The van der Waals surface area contributed by atoms with Crippen molar-refractivity contribution in [3.63, 3.8) is 0 Å². The van der Waals surface area contributed by atoms with Crippen molar-refractivity contribution >= 4 is 17.5 Å². The van der Waals surface area contributed by atoms with Crippen LogP contribution in [0.5, 0.6) is 0 Å². The zero-order chi connectivity index (χ0) is 18.7. The highest BCUT2D eigenvalue weighted by molar-refractivity contribution is 6.30. The molecule has 1 aliphatic carbocycles. The van der Waals surface area contributed by atoms with Crippen molar-refractivity contribution in [1.82, 2.24) is 19.2 Å². The molecule has 2 fully saturated rings. The standard InChI is InChI=1S/C19H20ClFN4O2/c20-13-8-11(4-5-14(13)21)10-24-19(27)25-15(2-1-3-17(25)22-24)18(26)23-7-6-12-9-16(12)23/h4-5,8,12,15-16H,1-3,6-7,9-10H2/t12-,15-,16-/m0/s1. The summed E-state index contributed by atoms with van der Waals surface area (Å²) in [5.74, 6) is 0.892. The summed E-state index contributed by atoms with van der Waals surface area (Å²) in [6, 6.07) is 4.30. The number of aromatic nitrogens is 3. The lowest BCUT2D eigenvalue weighted by atomic mass is 10.0. The quantitative estimate of drug-likeness (QED) is 0.808. The first kappa shape index (κ1) is 17.0. The first-order chi connectivity index (χ1) is 13.0. The number of rotatable bonds is 3. The molecule has 27 heavy (non-hydrogen) atoms. The van der Waals surface area contributed by atoms with E-state index in [1.54, 1.807) is 10.6 Å². The number of aryl methyl sites for hydroxylation is 1. The van der Waals surface area contributed by atoms with Gasteiger partial charge in [0.1, 0.15) is 17.7 Å². The molecule has 1 aromatic carbocycles. The van der Waals surface area contributed by atoms with Crippen LogP contribution in [0.4, 0.5) is 4.39 Å². The molecule has 0 N–H and O–H groups in total. The lowest BCUT2D eigenvalue weighted by Gasteiger charge is -2.28. The van der Waals surface area contributed by atoms with E-state index in [1.807, 2.05) is 4.90 Å². The highest BCUT2D eigenvalue weighted by atomic mass is 35.5. The normalized spacial score (nSPS) is 26.0. The van der Waals surface area contributed by atoms with Crippen LogP contribution in [0.25, 0.3) is 0 Å².